The van der Waals surface area contributed by atoms with Crippen LogP contribution < -0.4 is 10.2 Å². The number of carbonyl (C=O) groups is 1. The molecule has 2 aromatic rings. The minimum Gasteiger partial charge on any atom is -0.483 e. The quantitative estimate of drug-likeness (QED) is 0.374. The molecule has 0 saturated carbocycles. The number of nitrogens with one attached hydrogen (secondary N) is 1. The first-order valence-electron chi connectivity index (χ1n) is 7.96. The Morgan fingerprint density at radius 1 is 1.37 bits per heavy atom. The van der Waals surface area contributed by atoms with Gasteiger partial charge in [0.05, 0.1) is 15.6 Å². The lowest BCUT2D eigenvalue weighted by atomic mass is 10.0. The number of nitro benzene ring substituents is 1. The number of rotatable bonds is 7. The molecule has 0 heterocycles. The van der Waals surface area contributed by atoms with Crippen LogP contribution in [0.25, 0.3) is 0 Å². The summed E-state index contributed by atoms with van der Waals surface area (Å²) >= 11 is 9.16. The Bertz CT molecular complexity index is 887. The zero-order valence-corrected chi connectivity index (χ0v) is 17.0. The number of halogens is 2. The standard InChI is InChI=1S/C18H17BrClN3O4/c1-11(2)13-4-6-17(14(19)8-13)27-10-18(24)22-21-9-12-3-5-15(20)16(7-12)23(25)26/h3-9,11H,10H2,1-2H3,(H,22,24). The van der Waals surface area contributed by atoms with E-state index < -0.39 is 10.8 Å². The van der Waals surface area contributed by atoms with Crippen LogP contribution >= 0.6 is 27.5 Å². The molecule has 0 spiro atoms. The van der Waals surface area contributed by atoms with Gasteiger partial charge in [0, 0.05) is 11.6 Å². The van der Waals surface area contributed by atoms with Crippen LogP contribution in [0.3, 0.4) is 0 Å². The van der Waals surface area contributed by atoms with Gasteiger partial charge in [-0.05, 0) is 45.6 Å². The third kappa shape index (κ3) is 6.04. The van der Waals surface area contributed by atoms with Crippen molar-refractivity contribution in [3.63, 3.8) is 0 Å². The van der Waals surface area contributed by atoms with Gasteiger partial charge in [0.1, 0.15) is 10.8 Å². The number of hydrogen-bond donors (Lipinski definition) is 1. The van der Waals surface area contributed by atoms with E-state index in [4.69, 9.17) is 16.3 Å². The monoisotopic (exact) mass is 453 g/mol. The maximum atomic E-state index is 11.8. The van der Waals surface area contributed by atoms with Crippen LogP contribution in [0.1, 0.15) is 30.9 Å². The highest BCUT2D eigenvalue weighted by Gasteiger charge is 2.12. The van der Waals surface area contributed by atoms with Crippen LogP contribution in [-0.4, -0.2) is 23.7 Å². The topological polar surface area (TPSA) is 93.8 Å². The first-order valence-corrected chi connectivity index (χ1v) is 9.13. The summed E-state index contributed by atoms with van der Waals surface area (Å²) in [6, 6.07) is 9.89. The number of amides is 1. The number of nitrogens with zero attached hydrogens (tertiary/aromatic N) is 2. The molecule has 0 atom stereocenters. The largest absolute Gasteiger partial charge is 0.483 e. The fourth-order valence-corrected chi connectivity index (χ4v) is 2.80. The summed E-state index contributed by atoms with van der Waals surface area (Å²) in [5, 5.41) is 14.6. The highest BCUT2D eigenvalue weighted by atomic mass is 79.9. The van der Waals surface area contributed by atoms with Crippen LogP contribution in [-0.2, 0) is 4.79 Å². The number of carbonyl (C=O) groups excluding carboxylic acids is 1. The summed E-state index contributed by atoms with van der Waals surface area (Å²) in [4.78, 5) is 22.1. The fourth-order valence-electron chi connectivity index (χ4n) is 2.10. The predicted octanol–water partition coefficient (Wildman–Crippen LogP) is 4.66. The summed E-state index contributed by atoms with van der Waals surface area (Å²) in [6.07, 6.45) is 1.29. The zero-order valence-electron chi connectivity index (χ0n) is 14.6. The summed E-state index contributed by atoms with van der Waals surface area (Å²) in [5.41, 5.74) is 3.65. The molecule has 1 N–H and O–H groups in total. The Hall–Kier alpha value is -2.45. The maximum absolute atomic E-state index is 11.8. The number of benzene rings is 2. The molecule has 0 unspecified atom stereocenters. The molecular weight excluding hydrogens is 438 g/mol. The first kappa shape index (κ1) is 20.9. The molecule has 2 aromatic carbocycles. The van der Waals surface area contributed by atoms with E-state index >= 15 is 0 Å². The zero-order chi connectivity index (χ0) is 20.0. The summed E-state index contributed by atoms with van der Waals surface area (Å²) < 4.78 is 6.23. The van der Waals surface area contributed by atoms with Crippen molar-refractivity contribution in [3.8, 4) is 5.75 Å². The molecule has 9 heteroatoms. The van der Waals surface area contributed by atoms with Gasteiger partial charge < -0.3 is 4.74 Å². The van der Waals surface area contributed by atoms with Gasteiger partial charge in [0.25, 0.3) is 11.6 Å². The highest BCUT2D eigenvalue weighted by molar-refractivity contribution is 9.10. The van der Waals surface area contributed by atoms with Crippen LogP contribution in [0.5, 0.6) is 5.75 Å². The molecule has 0 aliphatic rings. The predicted molar refractivity (Wildman–Crippen MR) is 108 cm³/mol. The van der Waals surface area contributed by atoms with Crippen molar-refractivity contribution >= 4 is 45.3 Å². The van der Waals surface area contributed by atoms with Crippen molar-refractivity contribution in [1.29, 1.82) is 0 Å². The second-order valence-corrected chi connectivity index (χ2v) is 7.16. The van der Waals surface area contributed by atoms with Crippen molar-refractivity contribution in [3.05, 3.63) is 67.1 Å². The normalized spacial score (nSPS) is 11.0. The molecule has 0 fully saturated rings. The van der Waals surface area contributed by atoms with E-state index in [1.165, 1.54) is 18.3 Å². The Kier molecular flexibility index (Phi) is 7.32. The Morgan fingerprint density at radius 2 is 2.11 bits per heavy atom. The van der Waals surface area contributed by atoms with E-state index in [9.17, 15) is 14.9 Å². The average molecular weight is 455 g/mol. The van der Waals surface area contributed by atoms with E-state index in [1.807, 2.05) is 12.1 Å². The second kappa shape index (κ2) is 9.48. The number of ether oxygens (including phenoxy) is 1. The van der Waals surface area contributed by atoms with Gasteiger partial charge in [-0.1, -0.05) is 37.6 Å². The number of nitro groups is 1. The van der Waals surface area contributed by atoms with Crippen LogP contribution in [0.15, 0.2) is 46.0 Å². The lowest BCUT2D eigenvalue weighted by molar-refractivity contribution is -0.384. The van der Waals surface area contributed by atoms with Gasteiger partial charge in [-0.25, -0.2) is 5.43 Å². The molecule has 0 bridgehead atoms. The molecule has 0 radical (unpaired) electrons. The van der Waals surface area contributed by atoms with Crippen LogP contribution in [0, 0.1) is 10.1 Å². The molecule has 2 rings (SSSR count). The van der Waals surface area contributed by atoms with Gasteiger partial charge in [-0.2, -0.15) is 5.10 Å². The van der Waals surface area contributed by atoms with Crippen LogP contribution in [0.2, 0.25) is 5.02 Å². The van der Waals surface area contributed by atoms with E-state index in [0.717, 1.165) is 10.0 Å². The maximum Gasteiger partial charge on any atom is 0.288 e. The Labute approximate surface area is 169 Å². The Morgan fingerprint density at radius 3 is 2.74 bits per heavy atom. The molecule has 0 aromatic heterocycles. The van der Waals surface area contributed by atoms with Gasteiger partial charge in [-0.3, -0.25) is 14.9 Å². The van der Waals surface area contributed by atoms with Gasteiger partial charge >= 0.3 is 0 Å². The SMILES string of the molecule is CC(C)c1ccc(OCC(=O)NN=Cc2ccc(Cl)c([N+](=O)[O-])c2)c(Br)c1. The van der Waals surface area contributed by atoms with E-state index in [1.54, 1.807) is 12.1 Å². The van der Waals surface area contributed by atoms with Crippen molar-refractivity contribution in [2.75, 3.05) is 6.61 Å². The molecule has 7 nitrogen and oxygen atoms in total. The van der Waals surface area contributed by atoms with Crippen molar-refractivity contribution in [1.82, 2.24) is 5.43 Å². The first-order chi connectivity index (χ1) is 12.8. The molecule has 27 heavy (non-hydrogen) atoms. The van der Waals surface area contributed by atoms with E-state index in [-0.39, 0.29) is 17.3 Å². The van der Waals surface area contributed by atoms with Crippen molar-refractivity contribution in [2.24, 2.45) is 5.10 Å². The third-order valence-corrected chi connectivity index (χ3v) is 4.49. The van der Waals surface area contributed by atoms with E-state index in [2.05, 4.69) is 40.3 Å². The minimum absolute atomic E-state index is 0.0312. The lowest BCUT2D eigenvalue weighted by Crippen LogP contribution is -2.24. The third-order valence-electron chi connectivity index (χ3n) is 3.55. The summed E-state index contributed by atoms with van der Waals surface area (Å²) in [5.74, 6) is 0.470. The van der Waals surface area contributed by atoms with Crippen molar-refractivity contribution < 1.29 is 14.5 Å². The average Bonchev–Trinajstić information content (AvgIpc) is 2.61. The molecule has 1 amide bonds. The number of hydrogen-bond acceptors (Lipinski definition) is 5. The summed E-state index contributed by atoms with van der Waals surface area (Å²) in [6.45, 7) is 3.95. The fraction of sp³-hybridized carbons (Fsp3) is 0.222. The van der Waals surface area contributed by atoms with E-state index in [0.29, 0.717) is 17.2 Å². The molecule has 142 valence electrons. The molecular formula is C18H17BrClN3O4. The smallest absolute Gasteiger partial charge is 0.288 e. The molecule has 0 aliphatic heterocycles. The molecule has 0 saturated heterocycles. The minimum atomic E-state index is -0.589. The van der Waals surface area contributed by atoms with Gasteiger partial charge in [-0.15, -0.1) is 0 Å². The molecule has 0 aliphatic carbocycles. The Balaban J connectivity index is 1.90. The highest BCUT2D eigenvalue weighted by Crippen LogP contribution is 2.28. The second-order valence-electron chi connectivity index (χ2n) is 5.89. The van der Waals surface area contributed by atoms with Crippen molar-refractivity contribution in [2.45, 2.75) is 19.8 Å². The van der Waals surface area contributed by atoms with Gasteiger partial charge in [0.15, 0.2) is 6.61 Å². The van der Waals surface area contributed by atoms with Crippen LogP contribution in [0.4, 0.5) is 5.69 Å². The lowest BCUT2D eigenvalue weighted by Gasteiger charge is -2.10. The number of hydrazone groups is 1. The van der Waals surface area contributed by atoms with Gasteiger partial charge in [0.2, 0.25) is 0 Å². The summed E-state index contributed by atoms with van der Waals surface area (Å²) in [7, 11) is 0.